The summed E-state index contributed by atoms with van der Waals surface area (Å²) >= 11 is 0. The average Bonchev–Trinajstić information content (AvgIpc) is 2.38. The van der Waals surface area contributed by atoms with E-state index in [1.807, 2.05) is 6.92 Å². The summed E-state index contributed by atoms with van der Waals surface area (Å²) in [6.45, 7) is 4.92. The van der Waals surface area contributed by atoms with E-state index in [1.54, 1.807) is 13.0 Å². The Hall–Kier alpha value is -1.62. The molecule has 4 nitrogen and oxygen atoms in total. The molecular weight excluding hydrogens is 261 g/mol. The third kappa shape index (κ3) is 2.77. The number of phenolic OH excluding ortho intramolecular Hbond substituents is 1. The summed E-state index contributed by atoms with van der Waals surface area (Å²) in [5.41, 5.74) is -0.147. The van der Waals surface area contributed by atoms with Crippen LogP contribution in [-0.4, -0.2) is 34.2 Å². The first kappa shape index (κ1) is 14.8. The first-order valence-electron chi connectivity index (χ1n) is 6.79. The lowest BCUT2D eigenvalue weighted by Crippen LogP contribution is -2.43. The second kappa shape index (κ2) is 5.40. The van der Waals surface area contributed by atoms with E-state index in [4.69, 9.17) is 0 Å². The highest BCUT2D eigenvalue weighted by molar-refractivity contribution is 5.74. The van der Waals surface area contributed by atoms with E-state index in [0.29, 0.717) is 31.5 Å². The van der Waals surface area contributed by atoms with Crippen molar-refractivity contribution in [2.75, 3.05) is 13.1 Å². The number of aliphatic carboxylic acids is 1. The summed E-state index contributed by atoms with van der Waals surface area (Å²) in [5.74, 6) is -1.28. The molecule has 5 heteroatoms. The smallest absolute Gasteiger partial charge is 0.309 e. The summed E-state index contributed by atoms with van der Waals surface area (Å²) in [4.78, 5) is 13.3. The number of hydrogen-bond donors (Lipinski definition) is 2. The Morgan fingerprint density at radius 2 is 2.00 bits per heavy atom. The van der Waals surface area contributed by atoms with Gasteiger partial charge in [0.2, 0.25) is 0 Å². The van der Waals surface area contributed by atoms with Gasteiger partial charge in [0, 0.05) is 17.7 Å². The molecular formula is C15H20FNO3. The fourth-order valence-electron chi connectivity index (χ4n) is 2.67. The minimum absolute atomic E-state index is 0.0875. The molecule has 0 saturated carbocycles. The molecule has 1 aliphatic heterocycles. The lowest BCUT2D eigenvalue weighted by molar-refractivity contribution is -0.151. The van der Waals surface area contributed by atoms with Crippen LogP contribution >= 0.6 is 0 Å². The number of piperidine rings is 1. The summed E-state index contributed by atoms with van der Waals surface area (Å²) in [6.07, 6.45) is 1.12. The maximum absolute atomic E-state index is 13.9. The second-order valence-corrected chi connectivity index (χ2v) is 5.78. The topological polar surface area (TPSA) is 60.8 Å². The number of carboxylic acid groups (broad SMARTS) is 1. The number of likely N-dealkylation sites (tertiary alicyclic amines) is 1. The third-order valence-corrected chi connectivity index (χ3v) is 4.40. The Morgan fingerprint density at radius 1 is 1.40 bits per heavy atom. The predicted octanol–water partition coefficient (Wildman–Crippen LogP) is 2.78. The molecule has 0 bridgehead atoms. The lowest BCUT2D eigenvalue weighted by Gasteiger charge is -2.39. The van der Waals surface area contributed by atoms with Crippen molar-refractivity contribution < 1.29 is 19.4 Å². The normalized spacial score (nSPS) is 20.6. The van der Waals surface area contributed by atoms with Gasteiger partial charge < -0.3 is 10.2 Å². The van der Waals surface area contributed by atoms with Crippen molar-refractivity contribution in [2.24, 2.45) is 5.41 Å². The maximum atomic E-state index is 13.9. The Labute approximate surface area is 117 Å². The molecule has 1 unspecified atom stereocenters. The molecule has 1 aliphatic rings. The standard InChI is InChI=1S/C15H20FNO3/c1-10(12-4-3-11(18)9-13(12)16)17-7-5-15(2,6-8-17)14(19)20/h3-4,9-10,18H,5-8H2,1-2H3,(H,19,20). The summed E-state index contributed by atoms with van der Waals surface area (Å²) in [5, 5.41) is 18.4. The Bertz CT molecular complexity index is 510. The van der Waals surface area contributed by atoms with Gasteiger partial charge in [-0.1, -0.05) is 6.07 Å². The van der Waals surface area contributed by atoms with Crippen LogP contribution < -0.4 is 0 Å². The number of carbonyl (C=O) groups is 1. The highest BCUT2D eigenvalue weighted by Gasteiger charge is 2.38. The van der Waals surface area contributed by atoms with E-state index in [0.717, 1.165) is 6.07 Å². The number of phenols is 1. The van der Waals surface area contributed by atoms with Crippen molar-refractivity contribution in [2.45, 2.75) is 32.7 Å². The highest BCUT2D eigenvalue weighted by Crippen LogP contribution is 2.35. The summed E-state index contributed by atoms with van der Waals surface area (Å²) in [6, 6.07) is 4.03. The van der Waals surface area contributed by atoms with Crippen LogP contribution in [0.2, 0.25) is 0 Å². The van der Waals surface area contributed by atoms with Crippen LogP contribution in [0.15, 0.2) is 18.2 Å². The maximum Gasteiger partial charge on any atom is 0.309 e. The van der Waals surface area contributed by atoms with Crippen molar-refractivity contribution in [3.05, 3.63) is 29.6 Å². The highest BCUT2D eigenvalue weighted by atomic mass is 19.1. The van der Waals surface area contributed by atoms with E-state index >= 15 is 0 Å². The first-order chi connectivity index (χ1) is 9.33. The Balaban J connectivity index is 2.08. The molecule has 2 N–H and O–H groups in total. The fraction of sp³-hybridized carbons (Fsp3) is 0.533. The van der Waals surface area contributed by atoms with Crippen molar-refractivity contribution in [1.29, 1.82) is 0 Å². The van der Waals surface area contributed by atoms with Crippen LogP contribution in [0.4, 0.5) is 4.39 Å². The average molecular weight is 281 g/mol. The van der Waals surface area contributed by atoms with E-state index < -0.39 is 17.2 Å². The Morgan fingerprint density at radius 3 is 2.50 bits per heavy atom. The number of aromatic hydroxyl groups is 1. The number of hydrogen-bond acceptors (Lipinski definition) is 3. The van der Waals surface area contributed by atoms with Crippen LogP contribution in [0, 0.1) is 11.2 Å². The number of carboxylic acids is 1. The monoisotopic (exact) mass is 281 g/mol. The van der Waals surface area contributed by atoms with Crippen molar-refractivity contribution in [3.8, 4) is 5.75 Å². The molecule has 0 aromatic heterocycles. The van der Waals surface area contributed by atoms with E-state index in [2.05, 4.69) is 4.90 Å². The van der Waals surface area contributed by atoms with Crippen LogP contribution in [-0.2, 0) is 4.79 Å². The van der Waals surface area contributed by atoms with Gasteiger partial charge in [0.15, 0.2) is 0 Å². The molecule has 0 aliphatic carbocycles. The van der Waals surface area contributed by atoms with Crippen LogP contribution in [0.1, 0.15) is 38.3 Å². The summed E-state index contributed by atoms with van der Waals surface area (Å²) in [7, 11) is 0. The number of rotatable bonds is 3. The van der Waals surface area contributed by atoms with Gasteiger partial charge in [-0.15, -0.1) is 0 Å². The van der Waals surface area contributed by atoms with Gasteiger partial charge in [0.25, 0.3) is 0 Å². The van der Waals surface area contributed by atoms with Gasteiger partial charge in [-0.05, 0) is 45.8 Å². The largest absolute Gasteiger partial charge is 0.508 e. The zero-order valence-electron chi connectivity index (χ0n) is 11.8. The van der Waals surface area contributed by atoms with Crippen LogP contribution in [0.3, 0.4) is 0 Å². The number of nitrogens with zero attached hydrogens (tertiary/aromatic N) is 1. The van der Waals surface area contributed by atoms with Crippen molar-refractivity contribution in [3.63, 3.8) is 0 Å². The molecule has 0 radical (unpaired) electrons. The molecule has 0 amide bonds. The molecule has 20 heavy (non-hydrogen) atoms. The van der Waals surface area contributed by atoms with Gasteiger partial charge in [0.05, 0.1) is 5.41 Å². The predicted molar refractivity (Wildman–Crippen MR) is 73.0 cm³/mol. The molecule has 1 saturated heterocycles. The number of halogens is 1. The number of benzene rings is 1. The molecule has 1 aromatic rings. The van der Waals surface area contributed by atoms with Crippen molar-refractivity contribution >= 4 is 5.97 Å². The Kier molecular flexibility index (Phi) is 3.99. The van der Waals surface area contributed by atoms with E-state index in [9.17, 15) is 19.4 Å². The molecule has 0 spiro atoms. The lowest BCUT2D eigenvalue weighted by atomic mass is 9.80. The molecule has 2 rings (SSSR count). The molecule has 110 valence electrons. The zero-order valence-corrected chi connectivity index (χ0v) is 11.8. The summed E-state index contributed by atoms with van der Waals surface area (Å²) < 4.78 is 13.9. The van der Waals surface area contributed by atoms with Gasteiger partial charge >= 0.3 is 5.97 Å². The SMILES string of the molecule is CC(c1ccc(O)cc1F)N1CCC(C)(C(=O)O)CC1. The quantitative estimate of drug-likeness (QED) is 0.894. The van der Waals surface area contributed by atoms with E-state index in [-0.39, 0.29) is 11.8 Å². The van der Waals surface area contributed by atoms with E-state index in [1.165, 1.54) is 6.07 Å². The molecule has 1 heterocycles. The minimum Gasteiger partial charge on any atom is -0.508 e. The second-order valence-electron chi connectivity index (χ2n) is 5.78. The molecule has 1 fully saturated rings. The first-order valence-corrected chi connectivity index (χ1v) is 6.79. The van der Waals surface area contributed by atoms with Crippen LogP contribution in [0.25, 0.3) is 0 Å². The van der Waals surface area contributed by atoms with Crippen molar-refractivity contribution in [1.82, 2.24) is 4.90 Å². The van der Waals surface area contributed by atoms with Gasteiger partial charge in [0.1, 0.15) is 11.6 Å². The minimum atomic E-state index is -0.763. The molecule has 1 aromatic carbocycles. The van der Waals surface area contributed by atoms with Gasteiger partial charge in [-0.3, -0.25) is 9.69 Å². The molecule has 1 atom stereocenters. The third-order valence-electron chi connectivity index (χ3n) is 4.40. The zero-order chi connectivity index (χ0) is 14.9. The van der Waals surface area contributed by atoms with Gasteiger partial charge in [-0.25, -0.2) is 4.39 Å². The van der Waals surface area contributed by atoms with Crippen LogP contribution in [0.5, 0.6) is 5.75 Å². The van der Waals surface area contributed by atoms with Gasteiger partial charge in [-0.2, -0.15) is 0 Å². The fourth-order valence-corrected chi connectivity index (χ4v) is 2.67.